The first-order valence-corrected chi connectivity index (χ1v) is 18.4. The summed E-state index contributed by atoms with van der Waals surface area (Å²) in [4.78, 5) is 0. The third kappa shape index (κ3) is 6.19. The van der Waals surface area contributed by atoms with E-state index in [1.807, 2.05) is 37.5 Å². The van der Waals surface area contributed by atoms with E-state index in [-0.39, 0.29) is 6.04 Å². The molecule has 1 saturated heterocycles. The van der Waals surface area contributed by atoms with Gasteiger partial charge < -0.3 is 0 Å². The second-order valence-corrected chi connectivity index (χ2v) is 18.6. The molecule has 1 aliphatic heterocycles. The number of benzene rings is 4. The lowest BCUT2D eigenvalue weighted by Crippen LogP contribution is -2.40. The molecule has 0 amide bonds. The van der Waals surface area contributed by atoms with Crippen LogP contribution in [-0.2, 0) is 4.57 Å². The third-order valence-corrected chi connectivity index (χ3v) is 16.4. The van der Waals surface area contributed by atoms with Gasteiger partial charge in [0.05, 0.1) is 0 Å². The summed E-state index contributed by atoms with van der Waals surface area (Å²) in [7, 11) is 3.71. The van der Waals surface area contributed by atoms with Gasteiger partial charge in [0.15, 0.2) is 0 Å². The summed E-state index contributed by atoms with van der Waals surface area (Å²) in [5, 5.41) is 5.55. The highest BCUT2D eigenvalue weighted by Gasteiger charge is 2.48. The van der Waals surface area contributed by atoms with E-state index in [0.717, 1.165) is 19.1 Å². The summed E-state index contributed by atoms with van der Waals surface area (Å²) in [5.41, 5.74) is 0.404. The molecule has 0 saturated carbocycles. The van der Waals surface area contributed by atoms with Crippen molar-refractivity contribution < 1.29 is 4.57 Å². The Morgan fingerprint density at radius 3 is 1.40 bits per heavy atom. The van der Waals surface area contributed by atoms with Crippen molar-refractivity contribution in [3.63, 3.8) is 0 Å². The molecule has 4 nitrogen and oxygen atoms in total. The van der Waals surface area contributed by atoms with Crippen molar-refractivity contribution in [3.8, 4) is 0 Å². The molecule has 7 heteroatoms. The molecule has 4 aromatic carbocycles. The smallest absolute Gasteiger partial charge is 0.270 e. The zero-order valence-corrected chi connectivity index (χ0v) is 26.6. The Morgan fingerprint density at radius 2 is 1.02 bits per heavy atom. The Morgan fingerprint density at radius 1 is 0.650 bits per heavy atom. The van der Waals surface area contributed by atoms with Crippen LogP contribution >= 0.6 is 23.4 Å². The van der Waals surface area contributed by atoms with Crippen LogP contribution in [0.2, 0.25) is 0 Å². The molecular weight excluding hydrogens is 547 g/mol. The van der Waals surface area contributed by atoms with E-state index in [9.17, 15) is 4.57 Å². The fourth-order valence-electron chi connectivity index (χ4n) is 5.90. The molecule has 0 N–H and O–H groups in total. The highest BCUT2D eigenvalue weighted by Crippen LogP contribution is 2.60. The van der Waals surface area contributed by atoms with Crippen LogP contribution in [-0.4, -0.2) is 66.6 Å². The second-order valence-electron chi connectivity index (χ2n) is 10.7. The Balaban J connectivity index is 1.58. The predicted molar refractivity (Wildman–Crippen MR) is 177 cm³/mol. The van der Waals surface area contributed by atoms with Crippen LogP contribution in [0.1, 0.15) is 6.42 Å². The number of hydrogen-bond acceptors (Lipinski definition) is 1. The van der Waals surface area contributed by atoms with Crippen LogP contribution in [0.5, 0.6) is 0 Å². The summed E-state index contributed by atoms with van der Waals surface area (Å²) in [5.74, 6) is 0. The first kappa shape index (κ1) is 29.3. The summed E-state index contributed by atoms with van der Waals surface area (Å²) in [6, 6.07) is 44.1. The molecule has 2 atom stereocenters. The average Bonchev–Trinajstić information content (AvgIpc) is 3.41. The summed E-state index contributed by atoms with van der Waals surface area (Å²) in [6.07, 6.45) is 2.01. The highest BCUT2D eigenvalue weighted by atomic mass is 31.2. The maximum atomic E-state index is 14.9. The molecule has 1 heterocycles. The molecule has 1 fully saturated rings. The quantitative estimate of drug-likeness (QED) is 0.215. The summed E-state index contributed by atoms with van der Waals surface area (Å²) >= 11 is 0. The average molecular weight is 588 g/mol. The molecule has 0 aromatic heterocycles. The maximum absolute atomic E-state index is 14.9. The van der Waals surface area contributed by atoms with Gasteiger partial charge in [-0.05, 0) is 77.8 Å². The van der Waals surface area contributed by atoms with E-state index < -0.39 is 23.4 Å². The molecule has 4 aromatic rings. The Hall–Kier alpha value is -2.15. The van der Waals surface area contributed by atoms with E-state index in [1.165, 1.54) is 21.2 Å². The van der Waals surface area contributed by atoms with Crippen LogP contribution in [0.15, 0.2) is 121 Å². The Labute approximate surface area is 243 Å². The first-order valence-electron chi connectivity index (χ1n) is 13.9. The fourth-order valence-corrected chi connectivity index (χ4v) is 14.3. The highest BCUT2D eigenvalue weighted by molar-refractivity contribution is 7.74. The van der Waals surface area contributed by atoms with E-state index >= 15 is 0 Å². The third-order valence-electron chi connectivity index (χ3n) is 7.70. The van der Waals surface area contributed by atoms with E-state index in [4.69, 9.17) is 0 Å². The van der Waals surface area contributed by atoms with Gasteiger partial charge in [0.1, 0.15) is 0 Å². The molecule has 0 bridgehead atoms. The number of nitrogens with zero attached hydrogens (tertiary/aromatic N) is 3. The zero-order chi connectivity index (χ0) is 28.1. The van der Waals surface area contributed by atoms with Gasteiger partial charge in [0, 0.05) is 18.2 Å². The molecule has 1 aliphatic rings. The maximum Gasteiger partial charge on any atom is 0.286 e. The van der Waals surface area contributed by atoms with Crippen molar-refractivity contribution in [2.24, 2.45) is 0 Å². The van der Waals surface area contributed by atoms with Gasteiger partial charge in [-0.3, -0.25) is 4.57 Å². The minimum Gasteiger partial charge on any atom is -0.270 e. The van der Waals surface area contributed by atoms with E-state index in [0.29, 0.717) is 5.66 Å². The van der Waals surface area contributed by atoms with Crippen LogP contribution in [0.3, 0.4) is 0 Å². The number of rotatable bonds is 10. The van der Waals surface area contributed by atoms with Crippen molar-refractivity contribution in [1.82, 2.24) is 14.0 Å². The van der Waals surface area contributed by atoms with Crippen LogP contribution in [0, 0.1) is 0 Å². The van der Waals surface area contributed by atoms with E-state index in [1.54, 1.807) is 0 Å². The molecule has 0 radical (unpaired) electrons. The number of hydrogen-bond donors (Lipinski definition) is 0. The molecule has 40 heavy (non-hydrogen) atoms. The predicted octanol–water partition coefficient (Wildman–Crippen LogP) is 5.93. The normalized spacial score (nSPS) is 18.3. The largest absolute Gasteiger partial charge is 0.286 e. The molecule has 0 spiro atoms. The zero-order valence-electron chi connectivity index (χ0n) is 23.9. The van der Waals surface area contributed by atoms with E-state index in [2.05, 4.69) is 126 Å². The van der Waals surface area contributed by atoms with Gasteiger partial charge in [0.25, 0.3) is 7.59 Å². The molecular formula is C33H40N3OP3. The topological polar surface area (TPSA) is 26.8 Å². The minimum absolute atomic E-state index is 0.199. The lowest BCUT2D eigenvalue weighted by Gasteiger charge is -2.41. The summed E-state index contributed by atoms with van der Waals surface area (Å²) in [6.45, 7) is 0.820. The minimum atomic E-state index is -2.95. The Kier molecular flexibility index (Phi) is 9.70. The van der Waals surface area contributed by atoms with Gasteiger partial charge >= 0.3 is 0 Å². The Bertz CT molecular complexity index is 1300. The second kappa shape index (κ2) is 13.2. The molecule has 208 valence electrons. The van der Waals surface area contributed by atoms with Crippen molar-refractivity contribution in [3.05, 3.63) is 121 Å². The van der Waals surface area contributed by atoms with Gasteiger partial charge in [-0.1, -0.05) is 121 Å². The molecule has 0 aliphatic carbocycles. The van der Waals surface area contributed by atoms with Crippen molar-refractivity contribution in [1.29, 1.82) is 0 Å². The van der Waals surface area contributed by atoms with Crippen LogP contribution < -0.4 is 21.2 Å². The van der Waals surface area contributed by atoms with Crippen molar-refractivity contribution in [2.75, 3.05) is 40.9 Å². The van der Waals surface area contributed by atoms with Gasteiger partial charge in [0.2, 0.25) is 0 Å². The van der Waals surface area contributed by atoms with Gasteiger partial charge in [-0.2, -0.15) is 0 Å². The standard InChI is InChI=1S/C33H40N3OP3/c1-34(2)40(37,35(3)4)36-26-33(39(31-21-13-7-14-22-31)32-23-15-8-16-24-32)25-28(36)27-38(29-17-9-5-10-18-29)30-19-11-6-12-20-30/h5-24,28,33H,25-27H2,1-4H3/t28-,33-/m0/s1. The molecule has 0 unspecified atom stereocenters. The van der Waals surface area contributed by atoms with Crippen LogP contribution in [0.4, 0.5) is 0 Å². The lowest BCUT2D eigenvalue weighted by atomic mass is 10.2. The summed E-state index contributed by atoms with van der Waals surface area (Å²) < 4.78 is 21.2. The fraction of sp³-hybridized carbons (Fsp3) is 0.273. The monoisotopic (exact) mass is 587 g/mol. The van der Waals surface area contributed by atoms with Crippen LogP contribution in [0.25, 0.3) is 0 Å². The molecule has 5 rings (SSSR count). The van der Waals surface area contributed by atoms with Gasteiger partial charge in [-0.15, -0.1) is 0 Å². The SMILES string of the molecule is CN(C)P(=O)(N(C)C)N1C[C@@H](P(c2ccccc2)c2ccccc2)C[C@H]1CP(c1ccccc1)c1ccccc1. The van der Waals surface area contributed by atoms with Crippen molar-refractivity contribution in [2.45, 2.75) is 18.1 Å². The lowest BCUT2D eigenvalue weighted by molar-refractivity contribution is 0.325. The van der Waals surface area contributed by atoms with Gasteiger partial charge in [-0.25, -0.2) is 14.0 Å². The van der Waals surface area contributed by atoms with Crippen molar-refractivity contribution >= 4 is 44.7 Å². The first-order chi connectivity index (χ1) is 19.4.